The van der Waals surface area contributed by atoms with Crippen LogP contribution in [0.4, 0.5) is 5.69 Å². The lowest BCUT2D eigenvalue weighted by Gasteiger charge is -2.15. The SMILES string of the molecule is COc1cc(Cl)c(C)cc1NC(=O)COC(=O)C(C)Oc1ccc(C)cc1. The number of hydrogen-bond donors (Lipinski definition) is 1. The van der Waals surface area contributed by atoms with Crippen molar-refractivity contribution in [2.45, 2.75) is 26.9 Å². The summed E-state index contributed by atoms with van der Waals surface area (Å²) < 4.78 is 15.7. The van der Waals surface area contributed by atoms with Gasteiger partial charge in [0.2, 0.25) is 0 Å². The van der Waals surface area contributed by atoms with Crippen LogP contribution in [0.15, 0.2) is 36.4 Å². The van der Waals surface area contributed by atoms with E-state index in [0.717, 1.165) is 11.1 Å². The van der Waals surface area contributed by atoms with Crippen LogP contribution in [0.5, 0.6) is 11.5 Å². The number of anilines is 1. The Morgan fingerprint density at radius 1 is 1.15 bits per heavy atom. The standard InChI is InChI=1S/C20H22ClNO5/c1-12-5-7-15(8-6-12)27-14(3)20(24)26-11-19(23)22-17-9-13(2)16(21)10-18(17)25-4/h5-10,14H,11H2,1-4H3,(H,22,23). The number of ether oxygens (including phenoxy) is 3. The van der Waals surface area contributed by atoms with E-state index < -0.39 is 24.6 Å². The number of halogens is 1. The third-order valence-corrected chi connectivity index (χ3v) is 4.17. The van der Waals surface area contributed by atoms with Crippen molar-refractivity contribution in [2.75, 3.05) is 19.0 Å². The van der Waals surface area contributed by atoms with Crippen LogP contribution in [0.2, 0.25) is 5.02 Å². The van der Waals surface area contributed by atoms with Crippen LogP contribution in [-0.4, -0.2) is 31.7 Å². The highest BCUT2D eigenvalue weighted by Gasteiger charge is 2.18. The average Bonchev–Trinajstić information content (AvgIpc) is 2.64. The number of hydrogen-bond acceptors (Lipinski definition) is 5. The molecule has 0 spiro atoms. The van der Waals surface area contributed by atoms with Gasteiger partial charge in [-0.2, -0.15) is 0 Å². The number of carbonyl (C=O) groups is 2. The summed E-state index contributed by atoms with van der Waals surface area (Å²) >= 11 is 6.04. The molecule has 0 aliphatic rings. The van der Waals surface area contributed by atoms with Gasteiger partial charge in [0.15, 0.2) is 12.7 Å². The summed E-state index contributed by atoms with van der Waals surface area (Å²) in [5, 5.41) is 3.17. The molecule has 0 bridgehead atoms. The smallest absolute Gasteiger partial charge is 0.347 e. The minimum absolute atomic E-state index is 0.418. The first-order valence-corrected chi connectivity index (χ1v) is 8.72. The maximum atomic E-state index is 12.1. The monoisotopic (exact) mass is 391 g/mol. The molecule has 2 aromatic carbocycles. The molecule has 0 aliphatic heterocycles. The molecule has 1 unspecified atom stereocenters. The fourth-order valence-electron chi connectivity index (χ4n) is 2.24. The van der Waals surface area contributed by atoms with Crippen molar-refractivity contribution in [3.05, 3.63) is 52.5 Å². The molecule has 1 amide bonds. The van der Waals surface area contributed by atoms with E-state index in [-0.39, 0.29) is 0 Å². The van der Waals surface area contributed by atoms with Gasteiger partial charge in [-0.15, -0.1) is 0 Å². The largest absolute Gasteiger partial charge is 0.495 e. The van der Waals surface area contributed by atoms with Gasteiger partial charge in [-0.1, -0.05) is 29.3 Å². The lowest BCUT2D eigenvalue weighted by Crippen LogP contribution is -2.29. The zero-order chi connectivity index (χ0) is 20.0. The molecule has 2 rings (SSSR count). The molecule has 0 heterocycles. The third-order valence-electron chi connectivity index (χ3n) is 3.77. The highest BCUT2D eigenvalue weighted by Crippen LogP contribution is 2.30. The van der Waals surface area contributed by atoms with Gasteiger partial charge in [0, 0.05) is 11.1 Å². The zero-order valence-corrected chi connectivity index (χ0v) is 16.4. The second-order valence-corrected chi connectivity index (χ2v) is 6.44. The quantitative estimate of drug-likeness (QED) is 0.724. The van der Waals surface area contributed by atoms with Gasteiger partial charge in [0.1, 0.15) is 11.5 Å². The summed E-state index contributed by atoms with van der Waals surface area (Å²) in [7, 11) is 1.47. The van der Waals surface area contributed by atoms with E-state index in [9.17, 15) is 9.59 Å². The molecule has 7 heteroatoms. The highest BCUT2D eigenvalue weighted by molar-refractivity contribution is 6.31. The van der Waals surface area contributed by atoms with Gasteiger partial charge in [-0.05, 0) is 44.5 Å². The van der Waals surface area contributed by atoms with Crippen LogP contribution < -0.4 is 14.8 Å². The van der Waals surface area contributed by atoms with Crippen LogP contribution in [0.1, 0.15) is 18.1 Å². The van der Waals surface area contributed by atoms with E-state index in [1.807, 2.05) is 26.0 Å². The fourth-order valence-corrected chi connectivity index (χ4v) is 2.39. The van der Waals surface area contributed by atoms with E-state index >= 15 is 0 Å². The van der Waals surface area contributed by atoms with Crippen molar-refractivity contribution in [3.63, 3.8) is 0 Å². The molecule has 1 atom stereocenters. The predicted molar refractivity (Wildman–Crippen MR) is 104 cm³/mol. The van der Waals surface area contributed by atoms with Crippen molar-refractivity contribution < 1.29 is 23.8 Å². The number of carbonyl (C=O) groups excluding carboxylic acids is 2. The Balaban J connectivity index is 1.88. The third kappa shape index (κ3) is 5.89. The molecule has 144 valence electrons. The Bertz CT molecular complexity index is 820. The summed E-state index contributed by atoms with van der Waals surface area (Å²) in [5.74, 6) is -0.159. The summed E-state index contributed by atoms with van der Waals surface area (Å²) in [6, 6.07) is 10.6. The molecule has 2 aromatic rings. The van der Waals surface area contributed by atoms with E-state index in [0.29, 0.717) is 22.2 Å². The number of amides is 1. The molecule has 0 saturated heterocycles. The molecule has 0 aromatic heterocycles. The molecule has 6 nitrogen and oxygen atoms in total. The van der Waals surface area contributed by atoms with Crippen LogP contribution in [0, 0.1) is 13.8 Å². The normalized spacial score (nSPS) is 11.4. The zero-order valence-electron chi connectivity index (χ0n) is 15.7. The van der Waals surface area contributed by atoms with E-state index in [4.69, 9.17) is 25.8 Å². The number of methoxy groups -OCH3 is 1. The predicted octanol–water partition coefficient (Wildman–Crippen LogP) is 3.91. The van der Waals surface area contributed by atoms with Crippen molar-refractivity contribution in [1.82, 2.24) is 0 Å². The van der Waals surface area contributed by atoms with Gasteiger partial charge < -0.3 is 19.5 Å². The maximum absolute atomic E-state index is 12.1. The molecule has 0 fully saturated rings. The Hall–Kier alpha value is -2.73. The number of aryl methyl sites for hydroxylation is 2. The van der Waals surface area contributed by atoms with E-state index in [1.165, 1.54) is 7.11 Å². The van der Waals surface area contributed by atoms with Crippen molar-refractivity contribution >= 4 is 29.2 Å². The molecule has 0 aliphatic carbocycles. The second-order valence-electron chi connectivity index (χ2n) is 6.03. The van der Waals surface area contributed by atoms with Gasteiger partial charge in [-0.3, -0.25) is 4.79 Å². The first kappa shape index (κ1) is 20.6. The summed E-state index contributed by atoms with van der Waals surface area (Å²) in [4.78, 5) is 24.1. The van der Waals surface area contributed by atoms with Gasteiger partial charge in [0.05, 0.1) is 12.8 Å². The molecule has 27 heavy (non-hydrogen) atoms. The van der Waals surface area contributed by atoms with Crippen molar-refractivity contribution in [2.24, 2.45) is 0 Å². The molecule has 0 radical (unpaired) electrons. The van der Waals surface area contributed by atoms with Crippen molar-refractivity contribution in [3.8, 4) is 11.5 Å². The number of rotatable bonds is 7. The first-order valence-electron chi connectivity index (χ1n) is 8.34. The van der Waals surface area contributed by atoms with Crippen LogP contribution in [-0.2, 0) is 14.3 Å². The maximum Gasteiger partial charge on any atom is 0.347 e. The minimum atomic E-state index is -0.840. The Morgan fingerprint density at radius 3 is 2.44 bits per heavy atom. The van der Waals surface area contributed by atoms with Crippen LogP contribution in [0.25, 0.3) is 0 Å². The first-order chi connectivity index (χ1) is 12.8. The molecular formula is C20H22ClNO5. The highest BCUT2D eigenvalue weighted by atomic mass is 35.5. The number of benzene rings is 2. The Labute approximate surface area is 163 Å². The molecule has 0 saturated carbocycles. The Kier molecular flexibility index (Phi) is 7.07. The number of nitrogens with one attached hydrogen (secondary N) is 1. The van der Waals surface area contributed by atoms with Gasteiger partial charge in [0.25, 0.3) is 5.91 Å². The van der Waals surface area contributed by atoms with Crippen molar-refractivity contribution in [1.29, 1.82) is 0 Å². The number of esters is 1. The van der Waals surface area contributed by atoms with Gasteiger partial charge >= 0.3 is 5.97 Å². The molecule has 1 N–H and O–H groups in total. The summed E-state index contributed by atoms with van der Waals surface area (Å²) in [6.45, 7) is 4.88. The van der Waals surface area contributed by atoms with E-state index in [2.05, 4.69) is 5.32 Å². The average molecular weight is 392 g/mol. The second kappa shape index (κ2) is 9.28. The van der Waals surface area contributed by atoms with Gasteiger partial charge in [-0.25, -0.2) is 4.79 Å². The van der Waals surface area contributed by atoms with E-state index in [1.54, 1.807) is 31.2 Å². The lowest BCUT2D eigenvalue weighted by molar-refractivity contribution is -0.153. The summed E-state index contributed by atoms with van der Waals surface area (Å²) in [5.41, 5.74) is 2.32. The summed E-state index contributed by atoms with van der Waals surface area (Å²) in [6.07, 6.45) is -0.840. The minimum Gasteiger partial charge on any atom is -0.495 e. The topological polar surface area (TPSA) is 73.9 Å². The molecular weight excluding hydrogens is 370 g/mol. The lowest BCUT2D eigenvalue weighted by atomic mass is 10.2. The fraction of sp³-hybridized carbons (Fsp3) is 0.300. The van der Waals surface area contributed by atoms with Crippen LogP contribution in [0.3, 0.4) is 0 Å². The van der Waals surface area contributed by atoms with Crippen LogP contribution >= 0.6 is 11.6 Å². The Morgan fingerprint density at radius 2 is 1.81 bits per heavy atom.